The quantitative estimate of drug-likeness (QED) is 0.818. The van der Waals surface area contributed by atoms with Gasteiger partial charge in [-0.2, -0.15) is 5.26 Å². The number of anilines is 1. The fourth-order valence-corrected chi connectivity index (χ4v) is 1.61. The summed E-state index contributed by atoms with van der Waals surface area (Å²) in [5, 5.41) is 20.8. The van der Waals surface area contributed by atoms with Crippen LogP contribution in [0.25, 0.3) is 0 Å². The van der Waals surface area contributed by atoms with Gasteiger partial charge in [0.2, 0.25) is 0 Å². The number of carboxylic acids is 1. The van der Waals surface area contributed by atoms with Crippen molar-refractivity contribution in [3.63, 3.8) is 0 Å². The molecule has 0 saturated heterocycles. The molecule has 0 spiro atoms. The van der Waals surface area contributed by atoms with Gasteiger partial charge in [0, 0.05) is 12.5 Å². The van der Waals surface area contributed by atoms with Crippen LogP contribution in [-0.4, -0.2) is 17.1 Å². The van der Waals surface area contributed by atoms with Gasteiger partial charge < -0.3 is 10.4 Å². The Balaban J connectivity index is 2.72. The van der Waals surface area contributed by atoms with Gasteiger partial charge in [-0.15, -0.1) is 0 Å². The molecule has 1 rings (SSSR count). The van der Waals surface area contributed by atoms with E-state index in [1.807, 2.05) is 32.0 Å². The van der Waals surface area contributed by atoms with Gasteiger partial charge in [0.25, 0.3) is 0 Å². The van der Waals surface area contributed by atoms with Gasteiger partial charge >= 0.3 is 5.97 Å². The molecule has 0 aliphatic rings. The first-order chi connectivity index (χ1) is 8.04. The van der Waals surface area contributed by atoms with E-state index in [1.165, 1.54) is 0 Å². The summed E-state index contributed by atoms with van der Waals surface area (Å²) in [7, 11) is 0. The van der Waals surface area contributed by atoms with Gasteiger partial charge in [-0.1, -0.05) is 12.1 Å². The summed E-state index contributed by atoms with van der Waals surface area (Å²) in [6.07, 6.45) is 0.663. The molecule has 1 unspecified atom stereocenters. The number of aliphatic carboxylic acids is 1. The van der Waals surface area contributed by atoms with Crippen LogP contribution in [0.15, 0.2) is 18.2 Å². The highest BCUT2D eigenvalue weighted by atomic mass is 16.4. The van der Waals surface area contributed by atoms with E-state index < -0.39 is 5.97 Å². The Morgan fingerprint density at radius 1 is 1.59 bits per heavy atom. The highest BCUT2D eigenvalue weighted by Crippen LogP contribution is 2.19. The van der Waals surface area contributed by atoms with Crippen LogP contribution in [-0.2, 0) is 4.79 Å². The van der Waals surface area contributed by atoms with Crippen LogP contribution in [0, 0.1) is 18.3 Å². The summed E-state index contributed by atoms with van der Waals surface area (Å²) in [4.78, 5) is 10.5. The minimum atomic E-state index is -0.802. The number of carbonyl (C=O) groups is 1. The van der Waals surface area contributed by atoms with Crippen molar-refractivity contribution < 1.29 is 9.90 Å². The number of nitrogens with zero attached hydrogens (tertiary/aromatic N) is 1. The first kappa shape index (κ1) is 13.0. The maximum absolute atomic E-state index is 10.5. The van der Waals surface area contributed by atoms with Gasteiger partial charge in [-0.3, -0.25) is 4.79 Å². The molecule has 0 heterocycles. The SMILES string of the molecule is Cc1cccc(NC(C)CCC(=O)O)c1C#N. The zero-order chi connectivity index (χ0) is 12.8. The summed E-state index contributed by atoms with van der Waals surface area (Å²) in [5.41, 5.74) is 2.31. The molecule has 0 aliphatic carbocycles. The third-order valence-electron chi connectivity index (χ3n) is 2.58. The van der Waals surface area contributed by atoms with Crippen LogP contribution in [0.4, 0.5) is 5.69 Å². The van der Waals surface area contributed by atoms with Crippen molar-refractivity contribution in [3.05, 3.63) is 29.3 Å². The minimum absolute atomic E-state index is 0.0278. The molecule has 0 saturated carbocycles. The molecule has 0 bridgehead atoms. The second kappa shape index (κ2) is 5.90. The van der Waals surface area contributed by atoms with Crippen molar-refractivity contribution in [2.24, 2.45) is 0 Å². The highest BCUT2D eigenvalue weighted by molar-refractivity contribution is 5.67. The van der Waals surface area contributed by atoms with E-state index in [1.54, 1.807) is 0 Å². The summed E-state index contributed by atoms with van der Waals surface area (Å²) in [6.45, 7) is 3.79. The minimum Gasteiger partial charge on any atom is -0.481 e. The normalized spacial score (nSPS) is 11.6. The third-order valence-corrected chi connectivity index (χ3v) is 2.58. The monoisotopic (exact) mass is 232 g/mol. The van der Waals surface area contributed by atoms with Crippen LogP contribution in [0.1, 0.15) is 30.9 Å². The van der Waals surface area contributed by atoms with Crippen LogP contribution in [0.3, 0.4) is 0 Å². The molecule has 90 valence electrons. The lowest BCUT2D eigenvalue weighted by Gasteiger charge is -2.16. The molecule has 17 heavy (non-hydrogen) atoms. The zero-order valence-corrected chi connectivity index (χ0v) is 10.0. The Bertz CT molecular complexity index is 449. The standard InChI is InChI=1S/C13H16N2O2/c1-9-4-3-5-12(11(9)8-14)15-10(2)6-7-13(16)17/h3-5,10,15H,6-7H2,1-2H3,(H,16,17). The fraction of sp³-hybridized carbons (Fsp3) is 0.385. The maximum atomic E-state index is 10.5. The molecule has 1 atom stereocenters. The topological polar surface area (TPSA) is 73.1 Å². The highest BCUT2D eigenvalue weighted by Gasteiger charge is 2.09. The average molecular weight is 232 g/mol. The molecule has 1 aromatic rings. The van der Waals surface area contributed by atoms with Gasteiger partial charge in [-0.25, -0.2) is 0 Å². The number of nitrogens with one attached hydrogen (secondary N) is 1. The number of aryl methyl sites for hydroxylation is 1. The molecule has 2 N–H and O–H groups in total. The van der Waals surface area contributed by atoms with Crippen LogP contribution in [0.5, 0.6) is 0 Å². The Morgan fingerprint density at radius 2 is 2.29 bits per heavy atom. The lowest BCUT2D eigenvalue weighted by molar-refractivity contribution is -0.137. The number of carboxylic acid groups (broad SMARTS) is 1. The maximum Gasteiger partial charge on any atom is 0.303 e. The fourth-order valence-electron chi connectivity index (χ4n) is 1.61. The van der Waals surface area contributed by atoms with Crippen LogP contribution in [0.2, 0.25) is 0 Å². The van der Waals surface area contributed by atoms with Crippen molar-refractivity contribution in [2.75, 3.05) is 5.32 Å². The Kier molecular flexibility index (Phi) is 4.53. The van der Waals surface area contributed by atoms with E-state index in [-0.39, 0.29) is 12.5 Å². The average Bonchev–Trinajstić information content (AvgIpc) is 2.27. The van der Waals surface area contributed by atoms with Crippen molar-refractivity contribution in [3.8, 4) is 6.07 Å². The molecule has 4 heteroatoms. The van der Waals surface area contributed by atoms with E-state index in [2.05, 4.69) is 11.4 Å². The number of benzene rings is 1. The van der Waals surface area contributed by atoms with Crippen molar-refractivity contribution in [1.82, 2.24) is 0 Å². The molecule has 0 amide bonds. The van der Waals surface area contributed by atoms with E-state index in [0.29, 0.717) is 12.0 Å². The smallest absolute Gasteiger partial charge is 0.303 e. The largest absolute Gasteiger partial charge is 0.481 e. The Morgan fingerprint density at radius 3 is 2.88 bits per heavy atom. The van der Waals surface area contributed by atoms with E-state index in [4.69, 9.17) is 10.4 Å². The molecule has 0 fully saturated rings. The third kappa shape index (κ3) is 3.80. The summed E-state index contributed by atoms with van der Waals surface area (Å²) in [5.74, 6) is -0.802. The summed E-state index contributed by atoms with van der Waals surface area (Å²) >= 11 is 0. The van der Waals surface area contributed by atoms with Crippen molar-refractivity contribution in [2.45, 2.75) is 32.7 Å². The molecule has 0 aliphatic heterocycles. The predicted octanol–water partition coefficient (Wildman–Crippen LogP) is 2.53. The lowest BCUT2D eigenvalue weighted by atomic mass is 10.1. The van der Waals surface area contributed by atoms with Crippen LogP contribution >= 0.6 is 0 Å². The summed E-state index contributed by atoms with van der Waals surface area (Å²) < 4.78 is 0. The van der Waals surface area contributed by atoms with Crippen molar-refractivity contribution in [1.29, 1.82) is 5.26 Å². The first-order valence-corrected chi connectivity index (χ1v) is 5.52. The van der Waals surface area contributed by atoms with Gasteiger partial charge in [0.15, 0.2) is 0 Å². The predicted molar refractivity (Wildman–Crippen MR) is 65.8 cm³/mol. The van der Waals surface area contributed by atoms with E-state index in [9.17, 15) is 4.79 Å². The molecule has 0 aromatic heterocycles. The van der Waals surface area contributed by atoms with Crippen molar-refractivity contribution >= 4 is 11.7 Å². The number of nitriles is 1. The second-order valence-corrected chi connectivity index (χ2v) is 4.09. The molecular formula is C13H16N2O2. The lowest BCUT2D eigenvalue weighted by Crippen LogP contribution is -2.17. The molecular weight excluding hydrogens is 216 g/mol. The Labute approximate surface area is 101 Å². The molecule has 1 aromatic carbocycles. The second-order valence-electron chi connectivity index (χ2n) is 4.09. The van der Waals surface area contributed by atoms with Gasteiger partial charge in [-0.05, 0) is 31.9 Å². The molecule has 4 nitrogen and oxygen atoms in total. The molecule has 0 radical (unpaired) electrons. The number of hydrogen-bond donors (Lipinski definition) is 2. The van der Waals surface area contributed by atoms with E-state index in [0.717, 1.165) is 11.3 Å². The Hall–Kier alpha value is -2.02. The van der Waals surface area contributed by atoms with Gasteiger partial charge in [0.05, 0.1) is 11.3 Å². The van der Waals surface area contributed by atoms with Crippen LogP contribution < -0.4 is 5.32 Å². The zero-order valence-electron chi connectivity index (χ0n) is 10.0. The first-order valence-electron chi connectivity index (χ1n) is 5.52. The van der Waals surface area contributed by atoms with E-state index >= 15 is 0 Å². The number of rotatable bonds is 5. The summed E-state index contributed by atoms with van der Waals surface area (Å²) in [6, 6.07) is 7.78. The number of hydrogen-bond acceptors (Lipinski definition) is 3. The van der Waals surface area contributed by atoms with Gasteiger partial charge in [0.1, 0.15) is 6.07 Å².